The van der Waals surface area contributed by atoms with Gasteiger partial charge in [0.25, 0.3) is 5.78 Å². The Bertz CT molecular complexity index is 832. The molecular formula is C16H21N7O. The van der Waals surface area contributed by atoms with Gasteiger partial charge < -0.3 is 10.0 Å². The summed E-state index contributed by atoms with van der Waals surface area (Å²) in [6, 6.07) is 4.14. The second-order valence-corrected chi connectivity index (χ2v) is 6.19. The SMILES string of the molecule is Cc1cc(N2CCC(c3ccnn3CCO)CC2)n2ncnc2n1. The van der Waals surface area contributed by atoms with Crippen molar-refractivity contribution in [2.75, 3.05) is 24.6 Å². The van der Waals surface area contributed by atoms with Gasteiger partial charge in [-0.25, -0.2) is 4.98 Å². The average Bonchev–Trinajstić information content (AvgIpc) is 3.23. The summed E-state index contributed by atoms with van der Waals surface area (Å²) in [4.78, 5) is 11.0. The van der Waals surface area contributed by atoms with Crippen LogP contribution in [0.4, 0.5) is 5.82 Å². The van der Waals surface area contributed by atoms with Gasteiger partial charge in [-0.3, -0.25) is 4.68 Å². The number of nitrogens with zero attached hydrogens (tertiary/aromatic N) is 7. The number of piperidine rings is 1. The fraction of sp³-hybridized carbons (Fsp3) is 0.500. The zero-order valence-corrected chi connectivity index (χ0v) is 13.7. The van der Waals surface area contributed by atoms with Crippen LogP contribution in [0.5, 0.6) is 0 Å². The van der Waals surface area contributed by atoms with Gasteiger partial charge in [-0.05, 0) is 25.8 Å². The number of anilines is 1. The van der Waals surface area contributed by atoms with E-state index in [-0.39, 0.29) is 6.61 Å². The van der Waals surface area contributed by atoms with Gasteiger partial charge >= 0.3 is 0 Å². The zero-order chi connectivity index (χ0) is 16.5. The van der Waals surface area contributed by atoms with Crippen molar-refractivity contribution >= 4 is 11.6 Å². The molecule has 8 nitrogen and oxygen atoms in total. The molecule has 0 saturated carbocycles. The number of aryl methyl sites for hydroxylation is 1. The molecule has 1 aliphatic heterocycles. The number of hydrogen-bond donors (Lipinski definition) is 1. The summed E-state index contributed by atoms with van der Waals surface area (Å²) in [5.41, 5.74) is 2.18. The smallest absolute Gasteiger partial charge is 0.254 e. The maximum atomic E-state index is 9.17. The monoisotopic (exact) mass is 327 g/mol. The van der Waals surface area contributed by atoms with E-state index in [2.05, 4.69) is 37.2 Å². The number of fused-ring (bicyclic) bond motifs is 1. The Kier molecular flexibility index (Phi) is 3.89. The fourth-order valence-electron chi connectivity index (χ4n) is 3.51. The lowest BCUT2D eigenvalue weighted by molar-refractivity contribution is 0.265. The van der Waals surface area contributed by atoms with Crippen molar-refractivity contribution < 1.29 is 5.11 Å². The molecule has 1 aliphatic rings. The Balaban J connectivity index is 1.53. The highest BCUT2D eigenvalue weighted by Crippen LogP contribution is 2.30. The average molecular weight is 327 g/mol. The van der Waals surface area contributed by atoms with E-state index in [0.717, 1.165) is 37.4 Å². The third-order valence-corrected chi connectivity index (χ3v) is 4.66. The highest BCUT2D eigenvalue weighted by Gasteiger charge is 2.25. The lowest BCUT2D eigenvalue weighted by Gasteiger charge is -2.33. The van der Waals surface area contributed by atoms with E-state index in [4.69, 9.17) is 5.11 Å². The quantitative estimate of drug-likeness (QED) is 0.770. The summed E-state index contributed by atoms with van der Waals surface area (Å²) in [6.45, 7) is 4.57. The Morgan fingerprint density at radius 3 is 2.88 bits per heavy atom. The third kappa shape index (κ3) is 2.62. The number of aliphatic hydroxyl groups excluding tert-OH is 1. The Morgan fingerprint density at radius 2 is 2.08 bits per heavy atom. The second kappa shape index (κ2) is 6.20. The minimum atomic E-state index is 0.119. The predicted octanol–water partition coefficient (Wildman–Crippen LogP) is 1.01. The predicted molar refractivity (Wildman–Crippen MR) is 89.0 cm³/mol. The normalized spacial score (nSPS) is 16.2. The lowest BCUT2D eigenvalue weighted by Crippen LogP contribution is -2.35. The van der Waals surface area contributed by atoms with Crippen LogP contribution in [0.3, 0.4) is 0 Å². The van der Waals surface area contributed by atoms with Gasteiger partial charge in [-0.1, -0.05) is 0 Å². The molecule has 0 aromatic carbocycles. The van der Waals surface area contributed by atoms with Crippen LogP contribution in [-0.4, -0.2) is 54.2 Å². The molecule has 0 radical (unpaired) electrons. The van der Waals surface area contributed by atoms with Crippen molar-refractivity contribution in [3.63, 3.8) is 0 Å². The molecule has 3 aromatic heterocycles. The van der Waals surface area contributed by atoms with Gasteiger partial charge in [0.1, 0.15) is 12.1 Å². The molecule has 4 rings (SSSR count). The van der Waals surface area contributed by atoms with Crippen LogP contribution in [0.25, 0.3) is 5.78 Å². The van der Waals surface area contributed by atoms with Crippen LogP contribution in [0.2, 0.25) is 0 Å². The van der Waals surface area contributed by atoms with E-state index in [1.54, 1.807) is 6.33 Å². The van der Waals surface area contributed by atoms with Gasteiger partial charge in [-0.2, -0.15) is 19.7 Å². The zero-order valence-electron chi connectivity index (χ0n) is 13.7. The molecule has 1 N–H and O–H groups in total. The molecule has 1 saturated heterocycles. The molecule has 0 atom stereocenters. The van der Waals surface area contributed by atoms with E-state index in [1.165, 1.54) is 5.69 Å². The topological polar surface area (TPSA) is 84.4 Å². The molecule has 3 aromatic rings. The van der Waals surface area contributed by atoms with Crippen molar-refractivity contribution in [3.8, 4) is 0 Å². The Labute approximate surface area is 139 Å². The van der Waals surface area contributed by atoms with Gasteiger partial charge in [0, 0.05) is 42.7 Å². The molecular weight excluding hydrogens is 306 g/mol. The largest absolute Gasteiger partial charge is 0.394 e. The standard InChI is InChI=1S/C16H21N7O/c1-12-10-15(23-16(20-12)17-11-19-23)21-6-3-13(4-7-21)14-2-5-18-22(14)8-9-24/h2,5,10-11,13,24H,3-4,6-9H2,1H3. The van der Waals surface area contributed by atoms with Gasteiger partial charge in [0.15, 0.2) is 0 Å². The van der Waals surface area contributed by atoms with E-state index >= 15 is 0 Å². The number of hydrogen-bond acceptors (Lipinski definition) is 6. The summed E-state index contributed by atoms with van der Waals surface area (Å²) < 4.78 is 3.73. The first-order valence-corrected chi connectivity index (χ1v) is 8.31. The maximum Gasteiger partial charge on any atom is 0.254 e. The highest BCUT2D eigenvalue weighted by molar-refractivity contribution is 5.47. The second-order valence-electron chi connectivity index (χ2n) is 6.19. The van der Waals surface area contributed by atoms with Gasteiger partial charge in [0.05, 0.1) is 13.2 Å². The molecule has 4 heterocycles. The number of rotatable bonds is 4. The Hall–Kier alpha value is -2.48. The van der Waals surface area contributed by atoms with Gasteiger partial charge in [0.2, 0.25) is 0 Å². The first-order chi connectivity index (χ1) is 11.8. The van der Waals surface area contributed by atoms with Crippen LogP contribution in [0.1, 0.15) is 30.1 Å². The Morgan fingerprint density at radius 1 is 1.25 bits per heavy atom. The molecule has 0 aliphatic carbocycles. The summed E-state index contributed by atoms with van der Waals surface area (Å²) in [6.07, 6.45) is 5.47. The minimum Gasteiger partial charge on any atom is -0.394 e. The molecule has 126 valence electrons. The van der Waals surface area contributed by atoms with Crippen LogP contribution in [0, 0.1) is 6.92 Å². The first kappa shape index (κ1) is 15.1. The van der Waals surface area contributed by atoms with E-state index in [1.807, 2.05) is 22.3 Å². The fourth-order valence-corrected chi connectivity index (χ4v) is 3.51. The van der Waals surface area contributed by atoms with E-state index < -0.39 is 0 Å². The van der Waals surface area contributed by atoms with Crippen LogP contribution >= 0.6 is 0 Å². The number of aromatic nitrogens is 6. The molecule has 0 amide bonds. The van der Waals surface area contributed by atoms with Crippen molar-refractivity contribution in [2.24, 2.45) is 0 Å². The summed E-state index contributed by atoms with van der Waals surface area (Å²) in [5, 5.41) is 17.8. The van der Waals surface area contributed by atoms with Crippen molar-refractivity contribution in [3.05, 3.63) is 36.0 Å². The highest BCUT2D eigenvalue weighted by atomic mass is 16.3. The summed E-state index contributed by atoms with van der Waals surface area (Å²) >= 11 is 0. The van der Waals surface area contributed by atoms with Gasteiger partial charge in [-0.15, -0.1) is 0 Å². The summed E-state index contributed by atoms with van der Waals surface area (Å²) in [5.74, 6) is 2.18. The van der Waals surface area contributed by atoms with Crippen molar-refractivity contribution in [1.82, 2.24) is 29.4 Å². The molecule has 24 heavy (non-hydrogen) atoms. The molecule has 8 heteroatoms. The van der Waals surface area contributed by atoms with E-state index in [9.17, 15) is 0 Å². The van der Waals surface area contributed by atoms with Crippen LogP contribution in [-0.2, 0) is 6.54 Å². The molecule has 1 fully saturated rings. The van der Waals surface area contributed by atoms with Crippen LogP contribution in [0.15, 0.2) is 24.7 Å². The molecule has 0 unspecified atom stereocenters. The van der Waals surface area contributed by atoms with E-state index in [0.29, 0.717) is 18.2 Å². The number of aliphatic hydroxyl groups is 1. The first-order valence-electron chi connectivity index (χ1n) is 8.31. The lowest BCUT2D eigenvalue weighted by atomic mass is 9.93. The summed E-state index contributed by atoms with van der Waals surface area (Å²) in [7, 11) is 0. The molecule has 0 spiro atoms. The van der Waals surface area contributed by atoms with Crippen molar-refractivity contribution in [2.45, 2.75) is 32.2 Å². The third-order valence-electron chi connectivity index (χ3n) is 4.66. The maximum absolute atomic E-state index is 9.17. The molecule has 0 bridgehead atoms. The minimum absolute atomic E-state index is 0.119. The van der Waals surface area contributed by atoms with Crippen molar-refractivity contribution in [1.29, 1.82) is 0 Å². The van der Waals surface area contributed by atoms with Crippen LogP contribution < -0.4 is 4.90 Å².